The molecule has 33 heavy (non-hydrogen) atoms. The highest BCUT2D eigenvalue weighted by Gasteiger charge is 2.46. The number of ketones is 1. The number of ether oxygens (including phenoxy) is 1. The van der Waals surface area contributed by atoms with Gasteiger partial charge in [0.25, 0.3) is 11.7 Å². The van der Waals surface area contributed by atoms with Crippen molar-refractivity contribution in [1.82, 2.24) is 14.8 Å². The van der Waals surface area contributed by atoms with E-state index in [0.29, 0.717) is 30.8 Å². The summed E-state index contributed by atoms with van der Waals surface area (Å²) >= 11 is 0. The van der Waals surface area contributed by atoms with Crippen LogP contribution in [0.4, 0.5) is 0 Å². The van der Waals surface area contributed by atoms with Gasteiger partial charge in [-0.3, -0.25) is 14.6 Å². The van der Waals surface area contributed by atoms with Crippen molar-refractivity contribution in [2.45, 2.75) is 39.2 Å². The summed E-state index contributed by atoms with van der Waals surface area (Å²) in [6.07, 6.45) is 2.33. The molecule has 1 aromatic carbocycles. The van der Waals surface area contributed by atoms with E-state index in [0.717, 1.165) is 17.9 Å². The van der Waals surface area contributed by atoms with Crippen LogP contribution in [-0.2, 0) is 9.59 Å². The van der Waals surface area contributed by atoms with Gasteiger partial charge in [0.05, 0.1) is 17.9 Å². The predicted octanol–water partition coefficient (Wildman–Crippen LogP) is 3.98. The molecule has 1 aliphatic heterocycles. The molecule has 1 N–H and O–H groups in total. The highest BCUT2D eigenvalue weighted by molar-refractivity contribution is 6.46. The zero-order valence-electron chi connectivity index (χ0n) is 20.0. The number of hydrogen-bond donors (Lipinski definition) is 1. The molecule has 176 valence electrons. The van der Waals surface area contributed by atoms with E-state index >= 15 is 0 Å². The van der Waals surface area contributed by atoms with E-state index in [1.54, 1.807) is 30.5 Å². The van der Waals surface area contributed by atoms with Gasteiger partial charge in [0.1, 0.15) is 17.6 Å². The minimum Gasteiger partial charge on any atom is -0.507 e. The molecular weight excluding hydrogens is 418 g/mol. The minimum absolute atomic E-state index is 0.0717. The number of rotatable bonds is 9. The lowest BCUT2D eigenvalue weighted by Crippen LogP contribution is -2.32. The fraction of sp³-hybridized carbons (Fsp3) is 0.423. The molecule has 1 aliphatic rings. The SMILES string of the molecule is CCOc1ccc(/C(O)=C2/C(=O)C(=O)N(CCCN(C)C)C2c2ccccn2)cc1C(C)C. The van der Waals surface area contributed by atoms with Crippen LogP contribution in [0, 0.1) is 0 Å². The van der Waals surface area contributed by atoms with E-state index in [2.05, 4.69) is 4.98 Å². The first-order valence-electron chi connectivity index (χ1n) is 11.4. The first kappa shape index (κ1) is 24.5. The molecule has 0 radical (unpaired) electrons. The predicted molar refractivity (Wildman–Crippen MR) is 128 cm³/mol. The van der Waals surface area contributed by atoms with Gasteiger partial charge in [-0.15, -0.1) is 0 Å². The maximum Gasteiger partial charge on any atom is 0.295 e. The van der Waals surface area contributed by atoms with E-state index < -0.39 is 17.7 Å². The largest absolute Gasteiger partial charge is 0.507 e. The number of carbonyl (C=O) groups excluding carboxylic acids is 2. The third-order valence-corrected chi connectivity index (χ3v) is 5.72. The number of likely N-dealkylation sites (tertiary alicyclic amines) is 1. The number of aliphatic hydroxyl groups excluding tert-OH is 1. The highest BCUT2D eigenvalue weighted by atomic mass is 16.5. The zero-order valence-corrected chi connectivity index (χ0v) is 20.0. The van der Waals surface area contributed by atoms with Crippen LogP contribution >= 0.6 is 0 Å². The summed E-state index contributed by atoms with van der Waals surface area (Å²) in [4.78, 5) is 34.1. The Morgan fingerprint density at radius 2 is 1.97 bits per heavy atom. The molecule has 1 aromatic heterocycles. The molecule has 1 saturated heterocycles. The maximum atomic E-state index is 13.1. The van der Waals surface area contributed by atoms with E-state index in [1.165, 1.54) is 4.90 Å². The maximum absolute atomic E-state index is 13.1. The molecule has 1 atom stereocenters. The monoisotopic (exact) mass is 451 g/mol. The normalized spacial score (nSPS) is 17.9. The van der Waals surface area contributed by atoms with Gasteiger partial charge in [0.2, 0.25) is 0 Å². The van der Waals surface area contributed by atoms with Gasteiger partial charge in [-0.25, -0.2) is 0 Å². The first-order valence-corrected chi connectivity index (χ1v) is 11.4. The summed E-state index contributed by atoms with van der Waals surface area (Å²) in [7, 11) is 3.92. The lowest BCUT2D eigenvalue weighted by Gasteiger charge is -2.25. The van der Waals surface area contributed by atoms with E-state index in [4.69, 9.17) is 4.74 Å². The number of amides is 1. The molecule has 7 nitrogen and oxygen atoms in total. The van der Waals surface area contributed by atoms with Gasteiger partial charge in [-0.05, 0) is 75.8 Å². The summed E-state index contributed by atoms with van der Waals surface area (Å²) in [5.74, 6) is -0.591. The number of nitrogens with zero attached hydrogens (tertiary/aromatic N) is 3. The molecule has 3 rings (SSSR count). The van der Waals surface area contributed by atoms with Crippen LogP contribution in [0.1, 0.15) is 56.0 Å². The van der Waals surface area contributed by atoms with Crippen molar-refractivity contribution in [3.8, 4) is 5.75 Å². The van der Waals surface area contributed by atoms with Crippen LogP contribution in [0.25, 0.3) is 5.76 Å². The Hall–Kier alpha value is -3.19. The smallest absolute Gasteiger partial charge is 0.295 e. The van der Waals surface area contributed by atoms with E-state index in [-0.39, 0.29) is 17.3 Å². The molecular formula is C26H33N3O4. The van der Waals surface area contributed by atoms with Gasteiger partial charge in [0, 0.05) is 18.3 Å². The molecule has 0 saturated carbocycles. The van der Waals surface area contributed by atoms with Gasteiger partial charge >= 0.3 is 0 Å². The molecule has 0 aliphatic carbocycles. The van der Waals surface area contributed by atoms with Crippen LogP contribution < -0.4 is 4.74 Å². The number of Topliss-reactive ketones (excluding diaryl/α,β-unsaturated/α-hetero) is 1. The number of benzene rings is 1. The van der Waals surface area contributed by atoms with Crippen LogP contribution in [-0.4, -0.2) is 65.4 Å². The summed E-state index contributed by atoms with van der Waals surface area (Å²) in [6, 6.07) is 10.00. The quantitative estimate of drug-likeness (QED) is 0.353. The Morgan fingerprint density at radius 3 is 2.58 bits per heavy atom. The third kappa shape index (κ3) is 5.25. The molecule has 1 unspecified atom stereocenters. The molecule has 2 aromatic rings. The zero-order chi connectivity index (χ0) is 24.1. The van der Waals surface area contributed by atoms with Crippen molar-refractivity contribution in [2.75, 3.05) is 33.8 Å². The number of aromatic nitrogens is 1. The number of pyridine rings is 1. The average molecular weight is 452 g/mol. The summed E-state index contributed by atoms with van der Waals surface area (Å²) in [5.41, 5.74) is 2.03. The van der Waals surface area contributed by atoms with E-state index in [9.17, 15) is 14.7 Å². The summed E-state index contributed by atoms with van der Waals surface area (Å²) in [5, 5.41) is 11.3. The van der Waals surface area contributed by atoms with Gasteiger partial charge in [-0.1, -0.05) is 19.9 Å². The summed E-state index contributed by atoms with van der Waals surface area (Å²) in [6.45, 7) is 7.69. The fourth-order valence-corrected chi connectivity index (χ4v) is 4.10. The molecule has 1 fully saturated rings. The molecule has 7 heteroatoms. The number of carbonyl (C=O) groups is 2. The van der Waals surface area contributed by atoms with Crippen molar-refractivity contribution < 1.29 is 19.4 Å². The number of aliphatic hydroxyl groups is 1. The van der Waals surface area contributed by atoms with Crippen molar-refractivity contribution in [3.63, 3.8) is 0 Å². The second-order valence-electron chi connectivity index (χ2n) is 8.74. The Morgan fingerprint density at radius 1 is 1.21 bits per heavy atom. The molecule has 1 amide bonds. The van der Waals surface area contributed by atoms with E-state index in [1.807, 2.05) is 51.9 Å². The molecule has 2 heterocycles. The number of hydrogen-bond acceptors (Lipinski definition) is 6. The topological polar surface area (TPSA) is 83.0 Å². The van der Waals surface area contributed by atoms with Crippen LogP contribution in [0.5, 0.6) is 5.75 Å². The fourth-order valence-electron chi connectivity index (χ4n) is 4.10. The Kier molecular flexibility index (Phi) is 7.87. The lowest BCUT2D eigenvalue weighted by molar-refractivity contribution is -0.140. The first-order chi connectivity index (χ1) is 15.8. The van der Waals surface area contributed by atoms with Crippen LogP contribution in [0.15, 0.2) is 48.2 Å². The van der Waals surface area contributed by atoms with Crippen molar-refractivity contribution in [2.24, 2.45) is 0 Å². The Bertz CT molecular complexity index is 1030. The second kappa shape index (κ2) is 10.6. The average Bonchev–Trinajstić information content (AvgIpc) is 3.04. The van der Waals surface area contributed by atoms with Crippen molar-refractivity contribution in [1.29, 1.82) is 0 Å². The molecule has 0 spiro atoms. The molecule has 0 bridgehead atoms. The Labute approximate surface area is 195 Å². The lowest BCUT2D eigenvalue weighted by atomic mass is 9.94. The standard InChI is InChI=1S/C26H33N3O4/c1-6-33-21-12-11-18(16-19(21)17(2)3)24(30)22-23(20-10-7-8-13-27-20)29(26(32)25(22)31)15-9-14-28(4)5/h7-8,10-13,16-17,23,30H,6,9,14-15H2,1-5H3/b24-22-. The van der Waals surface area contributed by atoms with Gasteiger partial charge < -0.3 is 19.6 Å². The highest BCUT2D eigenvalue weighted by Crippen LogP contribution is 2.39. The van der Waals surface area contributed by atoms with Crippen LogP contribution in [0.2, 0.25) is 0 Å². The summed E-state index contributed by atoms with van der Waals surface area (Å²) < 4.78 is 5.73. The van der Waals surface area contributed by atoms with Crippen molar-refractivity contribution in [3.05, 3.63) is 65.0 Å². The van der Waals surface area contributed by atoms with Gasteiger partial charge in [-0.2, -0.15) is 0 Å². The van der Waals surface area contributed by atoms with Crippen molar-refractivity contribution >= 4 is 17.4 Å². The van der Waals surface area contributed by atoms with Crippen LogP contribution in [0.3, 0.4) is 0 Å². The second-order valence-corrected chi connectivity index (χ2v) is 8.74. The Balaban J connectivity index is 2.10. The third-order valence-electron chi connectivity index (χ3n) is 5.72. The van der Waals surface area contributed by atoms with Gasteiger partial charge in [0.15, 0.2) is 0 Å². The minimum atomic E-state index is -0.734.